The topological polar surface area (TPSA) is 90.4 Å². The molecule has 0 amide bonds. The van der Waals surface area contributed by atoms with E-state index in [1.165, 1.54) is 12.1 Å². The van der Waals surface area contributed by atoms with E-state index in [4.69, 9.17) is 10.6 Å². The van der Waals surface area contributed by atoms with Crippen LogP contribution in [-0.2, 0) is 0 Å². The van der Waals surface area contributed by atoms with Crippen LogP contribution in [0.15, 0.2) is 24.3 Å². The molecule has 1 rings (SSSR count). The Morgan fingerprint density at radius 1 is 1.43 bits per heavy atom. The molecule has 0 aliphatic heterocycles. The largest absolute Gasteiger partial charge is 0.492 e. The van der Waals surface area contributed by atoms with Crippen LogP contribution in [0, 0.1) is 10.1 Å². The molecule has 0 saturated carbocycles. The van der Waals surface area contributed by atoms with Gasteiger partial charge < -0.3 is 4.74 Å². The van der Waals surface area contributed by atoms with Crippen LogP contribution in [0.4, 0.5) is 5.69 Å². The van der Waals surface area contributed by atoms with Gasteiger partial charge in [0.15, 0.2) is 0 Å². The Kier molecular flexibility index (Phi) is 3.84. The highest BCUT2D eigenvalue weighted by Crippen LogP contribution is 2.16. The molecule has 0 heterocycles. The number of nitro groups is 1. The van der Waals surface area contributed by atoms with Gasteiger partial charge >= 0.3 is 0 Å². The summed E-state index contributed by atoms with van der Waals surface area (Å²) in [5.74, 6) is 5.63. The van der Waals surface area contributed by atoms with Gasteiger partial charge in [-0.15, -0.1) is 0 Å². The number of hydrazine groups is 1. The fourth-order valence-electron chi connectivity index (χ4n) is 0.892. The van der Waals surface area contributed by atoms with E-state index in [1.807, 2.05) is 0 Å². The number of ether oxygens (including phenoxy) is 1. The molecule has 0 aliphatic carbocycles. The molecule has 0 radical (unpaired) electrons. The number of nitrogens with zero attached hydrogens (tertiary/aromatic N) is 1. The van der Waals surface area contributed by atoms with E-state index in [1.54, 1.807) is 12.1 Å². The fraction of sp³-hybridized carbons (Fsp3) is 0.250. The number of non-ortho nitro benzene ring substituents is 1. The molecule has 1 aromatic carbocycles. The van der Waals surface area contributed by atoms with Gasteiger partial charge in [-0.3, -0.25) is 21.4 Å². The summed E-state index contributed by atoms with van der Waals surface area (Å²) in [6.45, 7) is 0.950. The highest BCUT2D eigenvalue weighted by atomic mass is 16.6. The smallest absolute Gasteiger partial charge is 0.269 e. The number of rotatable bonds is 5. The summed E-state index contributed by atoms with van der Waals surface area (Å²) in [6, 6.07) is 5.89. The van der Waals surface area contributed by atoms with Crippen molar-refractivity contribution in [3.05, 3.63) is 34.4 Å². The van der Waals surface area contributed by atoms with Crippen molar-refractivity contribution in [3.8, 4) is 5.75 Å². The van der Waals surface area contributed by atoms with E-state index >= 15 is 0 Å². The number of benzene rings is 1. The molecule has 0 bridgehead atoms. The summed E-state index contributed by atoms with van der Waals surface area (Å²) in [5.41, 5.74) is 2.48. The second-order valence-corrected chi connectivity index (χ2v) is 2.55. The Bertz CT molecular complexity index is 299. The highest BCUT2D eigenvalue weighted by molar-refractivity contribution is 5.35. The first-order valence-corrected chi connectivity index (χ1v) is 4.05. The van der Waals surface area contributed by atoms with Crippen LogP contribution in [0.1, 0.15) is 0 Å². The standard InChI is InChI=1S/C8H11N3O3/c9-10-5-6-14-8-3-1-7(2-4-8)11(12)13/h1-4,10H,5-6,9H2. The van der Waals surface area contributed by atoms with E-state index in [-0.39, 0.29) is 5.69 Å². The summed E-state index contributed by atoms with van der Waals surface area (Å²) < 4.78 is 5.22. The Morgan fingerprint density at radius 3 is 2.57 bits per heavy atom. The predicted molar refractivity (Wildman–Crippen MR) is 50.8 cm³/mol. The maximum Gasteiger partial charge on any atom is 0.269 e. The lowest BCUT2D eigenvalue weighted by Gasteiger charge is -2.04. The Morgan fingerprint density at radius 2 is 2.07 bits per heavy atom. The van der Waals surface area contributed by atoms with Crippen molar-refractivity contribution in [2.75, 3.05) is 13.2 Å². The summed E-state index contributed by atoms with van der Waals surface area (Å²) in [6.07, 6.45) is 0. The average Bonchev–Trinajstić information content (AvgIpc) is 2.19. The van der Waals surface area contributed by atoms with Crippen molar-refractivity contribution in [1.82, 2.24) is 5.43 Å². The lowest BCUT2D eigenvalue weighted by Crippen LogP contribution is -2.27. The quantitative estimate of drug-likeness (QED) is 0.309. The molecule has 1 aromatic rings. The molecule has 6 nitrogen and oxygen atoms in total. The van der Waals surface area contributed by atoms with Crippen molar-refractivity contribution in [2.45, 2.75) is 0 Å². The zero-order chi connectivity index (χ0) is 10.4. The fourth-order valence-corrected chi connectivity index (χ4v) is 0.892. The predicted octanol–water partition coefficient (Wildman–Crippen LogP) is 0.437. The van der Waals surface area contributed by atoms with E-state index in [0.29, 0.717) is 18.9 Å². The Balaban J connectivity index is 2.51. The molecule has 0 aromatic heterocycles. The van der Waals surface area contributed by atoms with Crippen LogP contribution in [0.3, 0.4) is 0 Å². The van der Waals surface area contributed by atoms with E-state index < -0.39 is 4.92 Å². The van der Waals surface area contributed by atoms with Gasteiger partial charge in [0.2, 0.25) is 0 Å². The van der Waals surface area contributed by atoms with Crippen LogP contribution in [0.5, 0.6) is 5.75 Å². The molecular weight excluding hydrogens is 186 g/mol. The van der Waals surface area contributed by atoms with Crippen LogP contribution in [0.2, 0.25) is 0 Å². The van der Waals surface area contributed by atoms with Gasteiger partial charge in [0.1, 0.15) is 12.4 Å². The minimum absolute atomic E-state index is 0.0503. The summed E-state index contributed by atoms with van der Waals surface area (Å²) in [5, 5.41) is 10.3. The molecule has 3 N–H and O–H groups in total. The van der Waals surface area contributed by atoms with Gasteiger partial charge in [0.25, 0.3) is 5.69 Å². The molecule has 0 fully saturated rings. The number of nitro benzene ring substituents is 1. The highest BCUT2D eigenvalue weighted by Gasteiger charge is 2.03. The molecule has 14 heavy (non-hydrogen) atoms. The molecule has 76 valence electrons. The zero-order valence-corrected chi connectivity index (χ0v) is 7.47. The van der Waals surface area contributed by atoms with Crippen molar-refractivity contribution < 1.29 is 9.66 Å². The van der Waals surface area contributed by atoms with E-state index in [2.05, 4.69) is 5.43 Å². The van der Waals surface area contributed by atoms with Crippen molar-refractivity contribution in [3.63, 3.8) is 0 Å². The normalized spacial score (nSPS) is 9.79. The van der Waals surface area contributed by atoms with Gasteiger partial charge in [0.05, 0.1) is 4.92 Å². The van der Waals surface area contributed by atoms with Crippen LogP contribution >= 0.6 is 0 Å². The van der Waals surface area contributed by atoms with Gasteiger partial charge in [-0.2, -0.15) is 0 Å². The minimum Gasteiger partial charge on any atom is -0.492 e. The Labute approximate surface area is 80.8 Å². The molecule has 0 saturated heterocycles. The van der Waals surface area contributed by atoms with Gasteiger partial charge in [-0.25, -0.2) is 0 Å². The van der Waals surface area contributed by atoms with Crippen molar-refractivity contribution in [1.29, 1.82) is 0 Å². The van der Waals surface area contributed by atoms with E-state index in [0.717, 1.165) is 0 Å². The number of nitrogens with one attached hydrogen (secondary N) is 1. The van der Waals surface area contributed by atoms with Crippen LogP contribution in [-0.4, -0.2) is 18.1 Å². The van der Waals surface area contributed by atoms with Crippen molar-refractivity contribution >= 4 is 5.69 Å². The first kappa shape index (κ1) is 10.4. The van der Waals surface area contributed by atoms with Crippen LogP contribution in [0.25, 0.3) is 0 Å². The third-order valence-corrected chi connectivity index (χ3v) is 1.56. The zero-order valence-electron chi connectivity index (χ0n) is 7.47. The van der Waals surface area contributed by atoms with Crippen molar-refractivity contribution in [2.24, 2.45) is 5.84 Å². The maximum atomic E-state index is 10.3. The number of hydrogen-bond acceptors (Lipinski definition) is 5. The minimum atomic E-state index is -0.453. The van der Waals surface area contributed by atoms with E-state index in [9.17, 15) is 10.1 Å². The van der Waals surface area contributed by atoms with Gasteiger partial charge in [-0.05, 0) is 12.1 Å². The summed E-state index contributed by atoms with van der Waals surface area (Å²) >= 11 is 0. The van der Waals surface area contributed by atoms with Gasteiger partial charge in [0, 0.05) is 18.7 Å². The monoisotopic (exact) mass is 197 g/mol. The van der Waals surface area contributed by atoms with Crippen LogP contribution < -0.4 is 16.0 Å². The molecule has 0 atom stereocenters. The first-order chi connectivity index (χ1) is 6.74. The third kappa shape index (κ3) is 3.00. The molecular formula is C8H11N3O3. The molecule has 0 spiro atoms. The molecule has 0 aliphatic rings. The molecule has 6 heteroatoms. The lowest BCUT2D eigenvalue weighted by atomic mass is 10.3. The average molecular weight is 197 g/mol. The SMILES string of the molecule is NNCCOc1ccc([N+](=O)[O-])cc1. The maximum absolute atomic E-state index is 10.3. The summed E-state index contributed by atoms with van der Waals surface area (Å²) in [7, 11) is 0. The number of nitrogens with two attached hydrogens (primary N) is 1. The summed E-state index contributed by atoms with van der Waals surface area (Å²) in [4.78, 5) is 9.86. The first-order valence-electron chi connectivity index (χ1n) is 4.05. The third-order valence-electron chi connectivity index (χ3n) is 1.56. The Hall–Kier alpha value is -1.66. The van der Waals surface area contributed by atoms with Gasteiger partial charge in [-0.1, -0.05) is 0 Å². The second kappa shape index (κ2) is 5.15. The number of hydrogen-bond donors (Lipinski definition) is 2. The second-order valence-electron chi connectivity index (χ2n) is 2.55. The molecule has 0 unspecified atom stereocenters. The lowest BCUT2D eigenvalue weighted by molar-refractivity contribution is -0.384.